The molecule has 2 rings (SSSR count). The molecule has 1 heterocycles. The van der Waals surface area contributed by atoms with Crippen molar-refractivity contribution in [1.82, 2.24) is 4.57 Å². The average Bonchev–Trinajstić information content (AvgIpc) is 2.57. The summed E-state index contributed by atoms with van der Waals surface area (Å²) in [6, 6.07) is 5.97. The van der Waals surface area contributed by atoms with Gasteiger partial charge in [-0.25, -0.2) is 9.18 Å². The van der Waals surface area contributed by atoms with Crippen LogP contribution in [-0.2, 0) is 11.3 Å². The Morgan fingerprint density at radius 1 is 1.46 bits per heavy atom. The molecule has 0 aliphatic rings. The molecule has 0 radical (unpaired) electrons. The second kappa shape index (κ2) is 6.70. The van der Waals surface area contributed by atoms with Gasteiger partial charge in [-0.3, -0.25) is 14.9 Å². The van der Waals surface area contributed by atoms with Gasteiger partial charge in [0.1, 0.15) is 11.4 Å². The van der Waals surface area contributed by atoms with E-state index in [9.17, 15) is 24.1 Å². The van der Waals surface area contributed by atoms with E-state index in [-0.39, 0.29) is 17.7 Å². The highest BCUT2D eigenvalue weighted by atomic mass is 19.1. The first-order valence-corrected chi connectivity index (χ1v) is 6.53. The first kappa shape index (κ1) is 16.8. The molecule has 0 unspecified atom stereocenters. The summed E-state index contributed by atoms with van der Waals surface area (Å²) in [5.74, 6) is -1.64. The van der Waals surface area contributed by atoms with Crippen molar-refractivity contribution in [1.29, 1.82) is 5.26 Å². The van der Waals surface area contributed by atoms with Crippen LogP contribution in [0.4, 0.5) is 10.1 Å². The number of nitro groups is 1. The summed E-state index contributed by atoms with van der Waals surface area (Å²) in [4.78, 5) is 34.1. The maximum Gasteiger partial charge on any atom is 0.343 e. The van der Waals surface area contributed by atoms with Crippen LogP contribution >= 0.6 is 0 Å². The Kier molecular flexibility index (Phi) is 4.70. The van der Waals surface area contributed by atoms with Gasteiger partial charge >= 0.3 is 5.97 Å². The third-order valence-electron chi connectivity index (χ3n) is 3.22. The van der Waals surface area contributed by atoms with Crippen LogP contribution in [0.2, 0.25) is 0 Å². The first-order chi connectivity index (χ1) is 11.4. The molecule has 9 heteroatoms. The molecule has 0 N–H and O–H groups in total. The van der Waals surface area contributed by atoms with E-state index >= 15 is 0 Å². The van der Waals surface area contributed by atoms with E-state index in [1.54, 1.807) is 6.07 Å². The zero-order chi connectivity index (χ0) is 17.9. The number of ether oxygens (including phenoxy) is 1. The molecule has 8 nitrogen and oxygen atoms in total. The van der Waals surface area contributed by atoms with Crippen molar-refractivity contribution in [3.8, 4) is 6.07 Å². The molecule has 122 valence electrons. The molecule has 24 heavy (non-hydrogen) atoms. The smallest absolute Gasteiger partial charge is 0.343 e. The fourth-order valence-electron chi connectivity index (χ4n) is 2.07. The van der Waals surface area contributed by atoms with Crippen molar-refractivity contribution in [2.75, 3.05) is 7.11 Å². The van der Waals surface area contributed by atoms with Gasteiger partial charge in [0.2, 0.25) is 0 Å². The van der Waals surface area contributed by atoms with Crippen molar-refractivity contribution in [2.24, 2.45) is 0 Å². The van der Waals surface area contributed by atoms with Gasteiger partial charge in [-0.2, -0.15) is 5.26 Å². The predicted molar refractivity (Wildman–Crippen MR) is 78.9 cm³/mol. The van der Waals surface area contributed by atoms with E-state index in [4.69, 9.17) is 5.26 Å². The number of aromatic nitrogens is 1. The highest BCUT2D eigenvalue weighted by molar-refractivity contribution is 5.89. The number of halogens is 1. The van der Waals surface area contributed by atoms with E-state index in [0.29, 0.717) is 0 Å². The Morgan fingerprint density at radius 2 is 2.17 bits per heavy atom. The number of hydrogen-bond acceptors (Lipinski definition) is 6. The van der Waals surface area contributed by atoms with Crippen LogP contribution in [-0.4, -0.2) is 22.6 Å². The number of carbonyl (C=O) groups excluding carboxylic acids is 1. The number of benzene rings is 1. The summed E-state index contributed by atoms with van der Waals surface area (Å²) < 4.78 is 18.5. The summed E-state index contributed by atoms with van der Waals surface area (Å²) in [6.07, 6.45) is 0.944. The largest absolute Gasteiger partial charge is 0.465 e. The van der Waals surface area contributed by atoms with Crippen LogP contribution < -0.4 is 5.56 Å². The fraction of sp³-hybridized carbons (Fsp3) is 0.133. The van der Waals surface area contributed by atoms with Crippen LogP contribution in [0.15, 0.2) is 35.3 Å². The van der Waals surface area contributed by atoms with Crippen molar-refractivity contribution in [3.05, 3.63) is 73.4 Å². The summed E-state index contributed by atoms with van der Waals surface area (Å²) >= 11 is 0. The van der Waals surface area contributed by atoms with Gasteiger partial charge in [0, 0.05) is 6.07 Å². The fourth-order valence-corrected chi connectivity index (χ4v) is 2.07. The van der Waals surface area contributed by atoms with Crippen LogP contribution in [0.3, 0.4) is 0 Å². The minimum atomic E-state index is -1.02. The Morgan fingerprint density at radius 3 is 2.75 bits per heavy atom. The Balaban J connectivity index is 2.60. The van der Waals surface area contributed by atoms with Crippen molar-refractivity contribution >= 4 is 11.7 Å². The maximum atomic E-state index is 13.2. The molecule has 0 saturated carbocycles. The molecule has 1 aromatic carbocycles. The number of pyridine rings is 1. The molecule has 0 spiro atoms. The lowest BCUT2D eigenvalue weighted by Crippen LogP contribution is -2.27. The molecule has 0 amide bonds. The number of methoxy groups -OCH3 is 1. The average molecular weight is 331 g/mol. The second-order valence-corrected chi connectivity index (χ2v) is 4.71. The van der Waals surface area contributed by atoms with E-state index in [2.05, 4.69) is 4.74 Å². The van der Waals surface area contributed by atoms with Gasteiger partial charge in [-0.05, 0) is 17.7 Å². The van der Waals surface area contributed by atoms with E-state index in [1.807, 2.05) is 0 Å². The van der Waals surface area contributed by atoms with Crippen molar-refractivity contribution in [2.45, 2.75) is 6.54 Å². The first-order valence-electron chi connectivity index (χ1n) is 6.53. The summed E-state index contributed by atoms with van der Waals surface area (Å²) in [5, 5.41) is 20.0. The van der Waals surface area contributed by atoms with Crippen molar-refractivity contribution < 1.29 is 18.8 Å². The quantitative estimate of drug-likeness (QED) is 0.477. The molecule has 0 aliphatic carbocycles. The molecule has 0 bridgehead atoms. The molecule has 0 fully saturated rings. The standard InChI is InChI=1S/C15H10FN3O5/c1-24-15(21)13-5-12(19(22)23)8-18(14(13)20)7-9-2-3-11(16)4-10(9)6-17/h2-5,8H,7H2,1H3. The minimum Gasteiger partial charge on any atom is -0.465 e. The summed E-state index contributed by atoms with van der Waals surface area (Å²) in [5.41, 5.74) is -1.56. The Hall–Kier alpha value is -3.54. The maximum absolute atomic E-state index is 13.2. The summed E-state index contributed by atoms with van der Waals surface area (Å²) in [6.45, 7) is -0.242. The normalized spacial score (nSPS) is 10.0. The Bertz CT molecular complexity index is 930. The van der Waals surface area contributed by atoms with Gasteiger partial charge in [0.15, 0.2) is 0 Å². The number of nitrogens with zero attached hydrogens (tertiary/aromatic N) is 3. The lowest BCUT2D eigenvalue weighted by atomic mass is 10.1. The molecule has 0 saturated heterocycles. The Labute approximate surface area is 134 Å². The predicted octanol–water partition coefficient (Wildman–Crippen LogP) is 1.60. The molecule has 2 aromatic rings. The van der Waals surface area contributed by atoms with E-state index in [1.165, 1.54) is 6.07 Å². The third-order valence-corrected chi connectivity index (χ3v) is 3.22. The van der Waals surface area contributed by atoms with Crippen LogP contribution in [0.5, 0.6) is 0 Å². The SMILES string of the molecule is COC(=O)c1cc([N+](=O)[O-])cn(Cc2ccc(F)cc2C#N)c1=O. The second-order valence-electron chi connectivity index (χ2n) is 4.71. The monoisotopic (exact) mass is 331 g/mol. The van der Waals surface area contributed by atoms with Crippen molar-refractivity contribution in [3.63, 3.8) is 0 Å². The highest BCUT2D eigenvalue weighted by Gasteiger charge is 2.20. The lowest BCUT2D eigenvalue weighted by Gasteiger charge is -2.09. The molecular weight excluding hydrogens is 321 g/mol. The third kappa shape index (κ3) is 3.27. The van der Waals surface area contributed by atoms with E-state index in [0.717, 1.165) is 36.1 Å². The number of nitriles is 1. The number of rotatable bonds is 4. The van der Waals surface area contributed by atoms with Crippen LogP contribution in [0.25, 0.3) is 0 Å². The van der Waals surface area contributed by atoms with Crippen LogP contribution in [0, 0.1) is 27.3 Å². The minimum absolute atomic E-state index is 0.0203. The number of esters is 1. The van der Waals surface area contributed by atoms with Gasteiger partial charge < -0.3 is 9.30 Å². The molecule has 1 aromatic heterocycles. The topological polar surface area (TPSA) is 115 Å². The van der Waals surface area contributed by atoms with Gasteiger partial charge in [-0.15, -0.1) is 0 Å². The van der Waals surface area contributed by atoms with Crippen LogP contribution in [0.1, 0.15) is 21.5 Å². The van der Waals surface area contributed by atoms with E-state index < -0.39 is 33.5 Å². The number of hydrogen-bond donors (Lipinski definition) is 0. The molecule has 0 aliphatic heterocycles. The zero-order valence-electron chi connectivity index (χ0n) is 12.4. The number of carbonyl (C=O) groups is 1. The van der Waals surface area contributed by atoms with Gasteiger partial charge in [0.05, 0.1) is 36.4 Å². The zero-order valence-corrected chi connectivity index (χ0v) is 12.4. The summed E-state index contributed by atoms with van der Waals surface area (Å²) in [7, 11) is 1.04. The lowest BCUT2D eigenvalue weighted by molar-refractivity contribution is -0.385. The van der Waals surface area contributed by atoms with Gasteiger partial charge in [0.25, 0.3) is 11.2 Å². The van der Waals surface area contributed by atoms with Gasteiger partial charge in [-0.1, -0.05) is 6.07 Å². The molecular formula is C15H10FN3O5. The highest BCUT2D eigenvalue weighted by Crippen LogP contribution is 2.15. The molecule has 0 atom stereocenters.